The highest BCUT2D eigenvalue weighted by Crippen LogP contribution is 2.10. The Bertz CT molecular complexity index is 525. The number of rotatable bonds is 2. The highest BCUT2D eigenvalue weighted by atomic mass is 19.1. The van der Waals surface area contributed by atoms with E-state index in [4.69, 9.17) is 10.6 Å². The fourth-order valence-corrected chi connectivity index (χ4v) is 1.00. The molecule has 0 fully saturated rings. The summed E-state index contributed by atoms with van der Waals surface area (Å²) < 4.78 is 12.8. The number of aromatic carboxylic acids is 1. The molecule has 0 saturated carbocycles. The number of benzene rings is 1. The lowest BCUT2D eigenvalue weighted by Crippen LogP contribution is -2.00. The number of carboxylic acid groups (broad SMARTS) is 1. The fourth-order valence-electron chi connectivity index (χ4n) is 1.00. The molecule has 0 aliphatic rings. The summed E-state index contributed by atoms with van der Waals surface area (Å²) in [7, 11) is 0. The molecule has 0 unspecified atom stereocenters. The fraction of sp³-hybridized carbons (Fsp3) is 0.100. The van der Waals surface area contributed by atoms with Crippen LogP contribution < -0.4 is 0 Å². The van der Waals surface area contributed by atoms with Crippen molar-refractivity contribution in [1.29, 1.82) is 0 Å². The predicted molar refractivity (Wildman–Crippen MR) is 54.3 cm³/mol. The molecule has 80 valence electrons. The summed E-state index contributed by atoms with van der Waals surface area (Å²) in [6.07, 6.45) is 0. The van der Waals surface area contributed by atoms with E-state index in [9.17, 15) is 9.18 Å². The van der Waals surface area contributed by atoms with Crippen molar-refractivity contribution in [1.82, 2.24) is 0 Å². The van der Waals surface area contributed by atoms with Crippen LogP contribution in [-0.2, 0) is 0 Å². The Balaban J connectivity index is 3.06. The van der Waals surface area contributed by atoms with Crippen LogP contribution in [0.2, 0.25) is 0 Å². The van der Waals surface area contributed by atoms with Crippen LogP contribution in [0.4, 0.5) is 4.39 Å². The Hall–Kier alpha value is -2.51. The largest absolute Gasteiger partial charge is 0.478 e. The summed E-state index contributed by atoms with van der Waals surface area (Å²) in [5.74, 6) is 3.06. The van der Waals surface area contributed by atoms with Crippen LogP contribution in [0.15, 0.2) is 23.3 Å². The van der Waals surface area contributed by atoms with Gasteiger partial charge in [-0.05, 0) is 23.7 Å². The van der Waals surface area contributed by atoms with Gasteiger partial charge < -0.3 is 5.11 Å². The molecule has 0 heterocycles. The van der Waals surface area contributed by atoms with Crippen LogP contribution in [0, 0.1) is 17.7 Å². The molecule has 16 heavy (non-hydrogen) atoms. The maximum atomic E-state index is 12.8. The van der Waals surface area contributed by atoms with E-state index in [1.54, 1.807) is 0 Å². The van der Waals surface area contributed by atoms with Gasteiger partial charge in [-0.3, -0.25) is 0 Å². The summed E-state index contributed by atoms with van der Waals surface area (Å²) in [5.41, 5.74) is 7.96. The number of hydrogen-bond acceptors (Lipinski definition) is 2. The zero-order chi connectivity index (χ0) is 12.0. The minimum Gasteiger partial charge on any atom is -0.478 e. The van der Waals surface area contributed by atoms with Crippen LogP contribution >= 0.6 is 0 Å². The first-order valence-corrected chi connectivity index (χ1v) is 4.17. The van der Waals surface area contributed by atoms with Crippen molar-refractivity contribution < 1.29 is 14.3 Å². The van der Waals surface area contributed by atoms with Gasteiger partial charge in [0.2, 0.25) is 0 Å². The van der Waals surface area contributed by atoms with Crippen LogP contribution in [0.25, 0.3) is 10.4 Å². The highest BCUT2D eigenvalue weighted by Gasteiger charge is 2.09. The number of carboxylic acids is 1. The van der Waals surface area contributed by atoms with Crippen LogP contribution in [0.3, 0.4) is 0 Å². The summed E-state index contributed by atoms with van der Waals surface area (Å²) in [6, 6.07) is 3.27. The lowest BCUT2D eigenvalue weighted by atomic mass is 10.1. The van der Waals surface area contributed by atoms with Gasteiger partial charge in [0, 0.05) is 10.5 Å². The second kappa shape index (κ2) is 5.39. The lowest BCUT2D eigenvalue weighted by Gasteiger charge is -1.98. The van der Waals surface area contributed by atoms with E-state index in [2.05, 4.69) is 21.9 Å². The average molecular weight is 219 g/mol. The molecule has 0 amide bonds. The van der Waals surface area contributed by atoms with Crippen molar-refractivity contribution in [2.75, 3.05) is 6.54 Å². The molecular formula is C10H6FN3O2. The third kappa shape index (κ3) is 3.01. The van der Waals surface area contributed by atoms with Crippen molar-refractivity contribution in [3.63, 3.8) is 0 Å². The van der Waals surface area contributed by atoms with E-state index in [0.29, 0.717) is 0 Å². The molecular weight excluding hydrogens is 213 g/mol. The molecule has 5 nitrogen and oxygen atoms in total. The Morgan fingerprint density at radius 1 is 1.62 bits per heavy atom. The summed E-state index contributed by atoms with van der Waals surface area (Å²) in [4.78, 5) is 13.2. The first kappa shape index (κ1) is 11.6. The summed E-state index contributed by atoms with van der Waals surface area (Å²) >= 11 is 0. The number of halogens is 1. The van der Waals surface area contributed by atoms with E-state index in [1.165, 1.54) is 6.07 Å². The number of azide groups is 1. The number of carbonyl (C=O) groups is 1. The van der Waals surface area contributed by atoms with Gasteiger partial charge in [0.15, 0.2) is 0 Å². The van der Waals surface area contributed by atoms with Gasteiger partial charge in [-0.15, -0.1) is 0 Å². The summed E-state index contributed by atoms with van der Waals surface area (Å²) in [6.45, 7) is -0.0626. The maximum absolute atomic E-state index is 12.8. The molecule has 0 aliphatic heterocycles. The van der Waals surface area contributed by atoms with Crippen molar-refractivity contribution >= 4 is 5.97 Å². The average Bonchev–Trinajstić information content (AvgIpc) is 2.26. The van der Waals surface area contributed by atoms with Crippen LogP contribution in [-0.4, -0.2) is 17.6 Å². The highest BCUT2D eigenvalue weighted by molar-refractivity contribution is 5.90. The molecule has 1 rings (SSSR count). The smallest absolute Gasteiger partial charge is 0.337 e. The molecule has 1 aromatic carbocycles. The molecule has 1 N–H and O–H groups in total. The maximum Gasteiger partial charge on any atom is 0.337 e. The first-order chi connectivity index (χ1) is 7.65. The van der Waals surface area contributed by atoms with Gasteiger partial charge in [0.25, 0.3) is 0 Å². The zero-order valence-electron chi connectivity index (χ0n) is 8.01. The van der Waals surface area contributed by atoms with E-state index in [0.717, 1.165) is 12.1 Å². The standard InChI is InChI=1S/C10H6FN3O2/c11-8-4-3-7(2-1-5-13-14-12)9(6-8)10(15)16/h3-4,6H,5H2,(H,15,16). The van der Waals surface area contributed by atoms with Crippen molar-refractivity contribution in [3.8, 4) is 11.8 Å². The van der Waals surface area contributed by atoms with Crippen LogP contribution in [0.5, 0.6) is 0 Å². The molecule has 0 aliphatic carbocycles. The first-order valence-electron chi connectivity index (χ1n) is 4.17. The second-order valence-electron chi connectivity index (χ2n) is 2.69. The van der Waals surface area contributed by atoms with Gasteiger partial charge in [0.05, 0.1) is 12.1 Å². The van der Waals surface area contributed by atoms with Crippen molar-refractivity contribution in [2.45, 2.75) is 0 Å². The molecule has 0 bridgehead atoms. The number of hydrogen-bond donors (Lipinski definition) is 1. The van der Waals surface area contributed by atoms with Crippen molar-refractivity contribution in [3.05, 3.63) is 45.6 Å². The molecule has 0 aromatic heterocycles. The molecule has 0 atom stereocenters. The monoisotopic (exact) mass is 219 g/mol. The third-order valence-electron chi connectivity index (χ3n) is 1.65. The Morgan fingerprint density at radius 2 is 2.38 bits per heavy atom. The third-order valence-corrected chi connectivity index (χ3v) is 1.65. The van der Waals surface area contributed by atoms with E-state index in [1.807, 2.05) is 0 Å². The molecule has 0 spiro atoms. The van der Waals surface area contributed by atoms with E-state index >= 15 is 0 Å². The van der Waals surface area contributed by atoms with Crippen LogP contribution in [0.1, 0.15) is 15.9 Å². The van der Waals surface area contributed by atoms with Gasteiger partial charge in [-0.25, -0.2) is 9.18 Å². The second-order valence-corrected chi connectivity index (χ2v) is 2.69. The van der Waals surface area contributed by atoms with E-state index in [-0.39, 0.29) is 17.7 Å². The quantitative estimate of drug-likeness (QED) is 0.357. The SMILES string of the molecule is [N-]=[N+]=NCC#Cc1ccc(F)cc1C(=O)O. The lowest BCUT2D eigenvalue weighted by molar-refractivity contribution is 0.0696. The Labute approximate surface area is 90.1 Å². The van der Waals surface area contributed by atoms with Gasteiger partial charge in [-0.1, -0.05) is 17.0 Å². The predicted octanol–water partition coefficient (Wildman–Crippen LogP) is 2.19. The van der Waals surface area contributed by atoms with Gasteiger partial charge in [-0.2, -0.15) is 0 Å². The Morgan fingerprint density at radius 3 is 3.00 bits per heavy atom. The Kier molecular flexibility index (Phi) is 3.90. The van der Waals surface area contributed by atoms with Gasteiger partial charge >= 0.3 is 5.97 Å². The van der Waals surface area contributed by atoms with Gasteiger partial charge in [0.1, 0.15) is 5.82 Å². The minimum absolute atomic E-state index is 0.0626. The minimum atomic E-state index is -1.26. The van der Waals surface area contributed by atoms with E-state index < -0.39 is 11.8 Å². The normalized spacial score (nSPS) is 8.56. The zero-order valence-corrected chi connectivity index (χ0v) is 8.01. The molecule has 0 radical (unpaired) electrons. The van der Waals surface area contributed by atoms with Crippen molar-refractivity contribution in [2.24, 2.45) is 5.11 Å². The molecule has 6 heteroatoms. The molecule has 0 saturated heterocycles. The number of nitrogens with zero attached hydrogens (tertiary/aromatic N) is 3. The molecule has 1 aromatic rings. The summed E-state index contributed by atoms with van der Waals surface area (Å²) in [5, 5.41) is 11.9. The topological polar surface area (TPSA) is 86.1 Å².